The summed E-state index contributed by atoms with van der Waals surface area (Å²) in [6.07, 6.45) is 0.212. The maximum Gasteiger partial charge on any atom is 0.254 e. The summed E-state index contributed by atoms with van der Waals surface area (Å²) >= 11 is 3.64. The van der Waals surface area contributed by atoms with E-state index in [1.807, 2.05) is 72.8 Å². The monoisotopic (exact) mass is 566 g/mol. The number of carbonyl (C=O) groups is 1. The summed E-state index contributed by atoms with van der Waals surface area (Å²) in [6, 6.07) is 22.8. The highest BCUT2D eigenvalue weighted by Gasteiger charge is 2.54. The lowest BCUT2D eigenvalue weighted by Gasteiger charge is -2.33. The zero-order valence-corrected chi connectivity index (χ0v) is 22.8. The highest BCUT2D eigenvalue weighted by atomic mass is 79.9. The summed E-state index contributed by atoms with van der Waals surface area (Å²) < 4.78 is 18.6. The van der Waals surface area contributed by atoms with E-state index in [0.29, 0.717) is 36.8 Å². The molecule has 194 valence electrons. The van der Waals surface area contributed by atoms with Crippen molar-refractivity contribution in [3.8, 4) is 11.5 Å². The first-order valence-corrected chi connectivity index (χ1v) is 12.9. The third-order valence-electron chi connectivity index (χ3n) is 6.23. The number of aliphatic imine (C=N–C) groups is 1. The second kappa shape index (κ2) is 11.8. The van der Waals surface area contributed by atoms with Gasteiger partial charge in [-0.05, 0) is 53.6 Å². The summed E-state index contributed by atoms with van der Waals surface area (Å²) in [5.74, 6) is 1.59. The summed E-state index contributed by atoms with van der Waals surface area (Å²) in [7, 11) is 5.08. The zero-order chi connectivity index (χ0) is 26.4. The number of likely N-dealkylation sites (N-methyl/N-ethyl adjacent to an activating group) is 1. The molecule has 0 aliphatic carbocycles. The minimum Gasteiger partial charge on any atom is -0.497 e. The van der Waals surface area contributed by atoms with E-state index in [1.54, 1.807) is 26.1 Å². The van der Waals surface area contributed by atoms with Crippen LogP contribution in [-0.4, -0.2) is 61.8 Å². The second-order valence-electron chi connectivity index (χ2n) is 9.03. The first-order valence-electron chi connectivity index (χ1n) is 12.1. The van der Waals surface area contributed by atoms with Gasteiger partial charge in [-0.3, -0.25) is 4.79 Å². The third-order valence-corrected chi connectivity index (χ3v) is 7.00. The number of methoxy groups -OCH3 is 1. The molecule has 7 nitrogen and oxygen atoms in total. The molecule has 2 atom stereocenters. The average Bonchev–Trinajstić information content (AvgIpc) is 3.30. The number of aliphatic hydroxyl groups is 1. The number of benzene rings is 3. The Morgan fingerprint density at radius 1 is 1.08 bits per heavy atom. The van der Waals surface area contributed by atoms with Gasteiger partial charge in [0.05, 0.1) is 13.7 Å². The number of aliphatic hydroxyl groups excluding tert-OH is 1. The second-order valence-corrected chi connectivity index (χ2v) is 9.89. The van der Waals surface area contributed by atoms with Crippen LogP contribution in [0.5, 0.6) is 11.5 Å². The van der Waals surface area contributed by atoms with E-state index in [4.69, 9.17) is 24.3 Å². The highest BCUT2D eigenvalue weighted by molar-refractivity contribution is 9.10. The number of amides is 1. The van der Waals surface area contributed by atoms with Crippen LogP contribution in [0.4, 0.5) is 0 Å². The van der Waals surface area contributed by atoms with Crippen molar-refractivity contribution in [1.29, 1.82) is 0 Å². The fourth-order valence-corrected chi connectivity index (χ4v) is 4.82. The van der Waals surface area contributed by atoms with Crippen LogP contribution in [0.3, 0.4) is 0 Å². The number of ether oxygens (including phenoxy) is 3. The van der Waals surface area contributed by atoms with Crippen LogP contribution in [0.25, 0.3) is 0 Å². The van der Waals surface area contributed by atoms with Crippen molar-refractivity contribution in [1.82, 2.24) is 4.90 Å². The molecule has 0 spiro atoms. The molecule has 1 heterocycles. The van der Waals surface area contributed by atoms with Gasteiger partial charge in [-0.15, -0.1) is 0 Å². The van der Waals surface area contributed by atoms with Crippen LogP contribution in [-0.2, 0) is 16.0 Å². The van der Waals surface area contributed by atoms with Gasteiger partial charge in [-0.2, -0.15) is 0 Å². The molecule has 0 aromatic heterocycles. The molecule has 0 bridgehead atoms. The predicted octanol–water partition coefficient (Wildman–Crippen LogP) is 4.81. The van der Waals surface area contributed by atoms with Crippen LogP contribution in [0.15, 0.2) is 82.3 Å². The molecule has 8 heteroatoms. The van der Waals surface area contributed by atoms with Gasteiger partial charge in [0.1, 0.15) is 11.5 Å². The van der Waals surface area contributed by atoms with Gasteiger partial charge in [-0.1, -0.05) is 46.3 Å². The van der Waals surface area contributed by atoms with E-state index in [2.05, 4.69) is 15.9 Å². The number of hydrogen-bond donors (Lipinski definition) is 1. The van der Waals surface area contributed by atoms with E-state index in [-0.39, 0.29) is 12.5 Å². The van der Waals surface area contributed by atoms with Crippen LogP contribution < -0.4 is 9.47 Å². The normalized spacial score (nSPS) is 18.6. The van der Waals surface area contributed by atoms with Crippen molar-refractivity contribution in [2.24, 2.45) is 4.99 Å². The molecular weight excluding hydrogens is 536 g/mol. The lowest BCUT2D eigenvalue weighted by molar-refractivity contribution is -0.137. The smallest absolute Gasteiger partial charge is 0.254 e. The van der Waals surface area contributed by atoms with Crippen LogP contribution in [0.1, 0.15) is 29.2 Å². The minimum absolute atomic E-state index is 0.0773. The van der Waals surface area contributed by atoms with Gasteiger partial charge in [0.25, 0.3) is 5.91 Å². The molecule has 0 fully saturated rings. The lowest BCUT2D eigenvalue weighted by atomic mass is 9.81. The van der Waals surface area contributed by atoms with Crippen molar-refractivity contribution in [3.63, 3.8) is 0 Å². The average molecular weight is 567 g/mol. The summed E-state index contributed by atoms with van der Waals surface area (Å²) in [6.45, 7) is 0.505. The van der Waals surface area contributed by atoms with Gasteiger partial charge >= 0.3 is 0 Å². The Morgan fingerprint density at radius 3 is 2.51 bits per heavy atom. The quantitative estimate of drug-likeness (QED) is 0.356. The SMILES string of the molecule is COc1cccc([C@H]2OC(c3ccc(OCCCO)cc3)=N[C@@]2(Cc2ccccc2Br)C(=O)N(C)C)c1. The molecule has 0 unspecified atom stereocenters. The molecule has 0 saturated heterocycles. The Balaban J connectivity index is 1.81. The molecule has 1 amide bonds. The Bertz CT molecular complexity index is 1260. The van der Waals surface area contributed by atoms with Crippen molar-refractivity contribution in [3.05, 3.63) is 94.0 Å². The fourth-order valence-electron chi connectivity index (χ4n) is 4.39. The summed E-state index contributed by atoms with van der Waals surface area (Å²) in [5, 5.41) is 8.99. The summed E-state index contributed by atoms with van der Waals surface area (Å²) in [5.41, 5.74) is 1.24. The van der Waals surface area contributed by atoms with Crippen molar-refractivity contribution < 1.29 is 24.1 Å². The molecule has 3 aromatic carbocycles. The van der Waals surface area contributed by atoms with Gasteiger partial charge in [0.15, 0.2) is 11.6 Å². The molecule has 0 radical (unpaired) electrons. The van der Waals surface area contributed by atoms with Crippen LogP contribution in [0.2, 0.25) is 0 Å². The Morgan fingerprint density at radius 2 is 1.84 bits per heavy atom. The Kier molecular flexibility index (Phi) is 8.51. The van der Waals surface area contributed by atoms with E-state index in [0.717, 1.165) is 21.2 Å². The molecule has 0 saturated carbocycles. The van der Waals surface area contributed by atoms with Crippen molar-refractivity contribution in [2.45, 2.75) is 24.5 Å². The number of carbonyl (C=O) groups excluding carboxylic acids is 1. The topological polar surface area (TPSA) is 80.6 Å². The lowest BCUT2D eigenvalue weighted by Crippen LogP contribution is -2.49. The maximum absolute atomic E-state index is 14.0. The Labute approximate surface area is 225 Å². The molecule has 1 aliphatic heterocycles. The van der Waals surface area contributed by atoms with E-state index >= 15 is 0 Å². The number of halogens is 1. The Hall–Kier alpha value is -3.36. The third kappa shape index (κ3) is 5.81. The van der Waals surface area contributed by atoms with Crippen LogP contribution in [0, 0.1) is 0 Å². The predicted molar refractivity (Wildman–Crippen MR) is 146 cm³/mol. The molecular formula is C29H31BrN2O5. The summed E-state index contributed by atoms with van der Waals surface area (Å²) in [4.78, 5) is 20.6. The van der Waals surface area contributed by atoms with Gasteiger partial charge in [0, 0.05) is 43.6 Å². The largest absolute Gasteiger partial charge is 0.497 e. The molecule has 37 heavy (non-hydrogen) atoms. The molecule has 4 rings (SSSR count). The minimum atomic E-state index is -1.24. The van der Waals surface area contributed by atoms with Gasteiger partial charge < -0.3 is 24.2 Å². The van der Waals surface area contributed by atoms with E-state index in [9.17, 15) is 4.79 Å². The van der Waals surface area contributed by atoms with E-state index in [1.165, 1.54) is 0 Å². The van der Waals surface area contributed by atoms with Crippen LogP contribution >= 0.6 is 15.9 Å². The fraction of sp³-hybridized carbons (Fsp3) is 0.310. The van der Waals surface area contributed by atoms with Gasteiger partial charge in [0.2, 0.25) is 5.90 Å². The number of nitrogens with zero attached hydrogens (tertiary/aromatic N) is 2. The maximum atomic E-state index is 14.0. The standard InChI is InChI=1S/C29H31BrN2O5/c1-32(2)28(34)29(19-22-8-4-5-11-25(22)30)26(21-9-6-10-24(18-21)35-3)37-27(31-29)20-12-14-23(15-13-20)36-17-7-16-33/h4-6,8-15,18,26,33H,7,16-17,19H2,1-3H3/t26-,29-/m1/s1. The van der Waals surface area contributed by atoms with Crippen molar-refractivity contribution >= 4 is 27.7 Å². The number of hydrogen-bond acceptors (Lipinski definition) is 6. The van der Waals surface area contributed by atoms with Gasteiger partial charge in [-0.25, -0.2) is 4.99 Å². The van der Waals surface area contributed by atoms with Crippen molar-refractivity contribution in [2.75, 3.05) is 34.4 Å². The number of rotatable bonds is 10. The molecule has 3 aromatic rings. The highest BCUT2D eigenvalue weighted by Crippen LogP contribution is 2.44. The first kappa shape index (κ1) is 26.7. The molecule has 1 N–H and O–H groups in total. The first-order chi connectivity index (χ1) is 17.9. The molecule has 1 aliphatic rings. The van der Waals surface area contributed by atoms with E-state index < -0.39 is 11.6 Å². The zero-order valence-electron chi connectivity index (χ0n) is 21.2.